The number of carbonyl (C=O) groups excluding carboxylic acids is 1. The second-order valence-corrected chi connectivity index (χ2v) is 7.38. The van der Waals surface area contributed by atoms with Gasteiger partial charge in [0.15, 0.2) is 0 Å². The van der Waals surface area contributed by atoms with Crippen LogP contribution in [0.25, 0.3) is 0 Å². The van der Waals surface area contributed by atoms with Crippen LogP contribution in [-0.2, 0) is 5.75 Å². The molecule has 1 amide bonds. The van der Waals surface area contributed by atoms with Crippen LogP contribution >= 0.6 is 23.4 Å². The van der Waals surface area contributed by atoms with Gasteiger partial charge in [0, 0.05) is 27.3 Å². The molecule has 0 heterocycles. The highest BCUT2D eigenvalue weighted by Gasteiger charge is 2.17. The van der Waals surface area contributed by atoms with Crippen LogP contribution in [0.15, 0.2) is 53.4 Å². The standard InChI is InChI=1S/C19H20ClNOS/c20-16-9-11-18(12-10-16)23-13-14-5-7-15(8-6-14)19(22)21-17-3-1-2-4-17/h5-12,17H,1-4,13H2,(H,21,22). The second-order valence-electron chi connectivity index (χ2n) is 5.89. The number of rotatable bonds is 5. The lowest BCUT2D eigenvalue weighted by atomic mass is 10.1. The van der Waals surface area contributed by atoms with E-state index in [1.54, 1.807) is 11.8 Å². The van der Waals surface area contributed by atoms with E-state index in [2.05, 4.69) is 5.32 Å². The fourth-order valence-electron chi connectivity index (χ4n) is 2.79. The number of amides is 1. The molecule has 0 bridgehead atoms. The molecule has 0 saturated heterocycles. The lowest BCUT2D eigenvalue weighted by molar-refractivity contribution is 0.0938. The summed E-state index contributed by atoms with van der Waals surface area (Å²) < 4.78 is 0. The number of hydrogen-bond acceptors (Lipinski definition) is 2. The first-order valence-electron chi connectivity index (χ1n) is 7.99. The highest BCUT2D eigenvalue weighted by Crippen LogP contribution is 2.24. The van der Waals surface area contributed by atoms with Crippen LogP contribution in [0, 0.1) is 0 Å². The highest BCUT2D eigenvalue weighted by molar-refractivity contribution is 7.98. The molecule has 0 atom stereocenters. The van der Waals surface area contributed by atoms with E-state index in [9.17, 15) is 4.79 Å². The molecule has 0 aromatic heterocycles. The van der Waals surface area contributed by atoms with Crippen LogP contribution in [0.1, 0.15) is 41.6 Å². The number of carbonyl (C=O) groups is 1. The Balaban J connectivity index is 1.53. The predicted molar refractivity (Wildman–Crippen MR) is 97.2 cm³/mol. The summed E-state index contributed by atoms with van der Waals surface area (Å²) in [6.07, 6.45) is 4.68. The van der Waals surface area contributed by atoms with Gasteiger partial charge in [0.2, 0.25) is 0 Å². The van der Waals surface area contributed by atoms with Crippen molar-refractivity contribution in [2.45, 2.75) is 42.4 Å². The van der Waals surface area contributed by atoms with Gasteiger partial charge >= 0.3 is 0 Å². The largest absolute Gasteiger partial charge is 0.349 e. The van der Waals surface area contributed by atoms with Gasteiger partial charge in [-0.2, -0.15) is 0 Å². The maximum atomic E-state index is 12.2. The Hall–Kier alpha value is -1.45. The zero-order chi connectivity index (χ0) is 16.1. The quantitative estimate of drug-likeness (QED) is 0.744. The summed E-state index contributed by atoms with van der Waals surface area (Å²) in [4.78, 5) is 13.4. The second kappa shape index (κ2) is 7.89. The number of thioether (sulfide) groups is 1. The molecule has 2 nitrogen and oxygen atoms in total. The van der Waals surface area contributed by atoms with Crippen molar-refractivity contribution >= 4 is 29.3 Å². The molecule has 2 aromatic rings. The molecule has 1 fully saturated rings. The third-order valence-corrected chi connectivity index (χ3v) is 5.46. The maximum Gasteiger partial charge on any atom is 0.251 e. The molecule has 23 heavy (non-hydrogen) atoms. The van der Waals surface area contributed by atoms with E-state index in [0.29, 0.717) is 6.04 Å². The van der Waals surface area contributed by atoms with E-state index < -0.39 is 0 Å². The van der Waals surface area contributed by atoms with Crippen molar-refractivity contribution in [1.82, 2.24) is 5.32 Å². The van der Waals surface area contributed by atoms with Crippen LogP contribution < -0.4 is 5.32 Å². The van der Waals surface area contributed by atoms with Crippen molar-refractivity contribution in [3.05, 3.63) is 64.7 Å². The molecule has 1 aliphatic carbocycles. The summed E-state index contributed by atoms with van der Waals surface area (Å²) in [5.41, 5.74) is 1.96. The lowest BCUT2D eigenvalue weighted by Gasteiger charge is -2.12. The first-order valence-corrected chi connectivity index (χ1v) is 9.35. The molecule has 0 unspecified atom stereocenters. The van der Waals surface area contributed by atoms with Crippen molar-refractivity contribution in [2.24, 2.45) is 0 Å². The summed E-state index contributed by atoms with van der Waals surface area (Å²) in [6, 6.07) is 16.1. The van der Waals surface area contributed by atoms with Gasteiger partial charge in [-0.3, -0.25) is 4.79 Å². The zero-order valence-electron chi connectivity index (χ0n) is 12.9. The van der Waals surface area contributed by atoms with Crippen LogP contribution in [-0.4, -0.2) is 11.9 Å². The van der Waals surface area contributed by atoms with E-state index in [1.165, 1.54) is 23.3 Å². The van der Waals surface area contributed by atoms with E-state index in [4.69, 9.17) is 11.6 Å². The molecule has 1 saturated carbocycles. The van der Waals surface area contributed by atoms with E-state index in [0.717, 1.165) is 29.2 Å². The summed E-state index contributed by atoms with van der Waals surface area (Å²) in [6.45, 7) is 0. The molecule has 2 aromatic carbocycles. The van der Waals surface area contributed by atoms with Crippen molar-refractivity contribution in [2.75, 3.05) is 0 Å². The average Bonchev–Trinajstić information content (AvgIpc) is 3.08. The van der Waals surface area contributed by atoms with Crippen molar-refractivity contribution in [3.63, 3.8) is 0 Å². The molecular formula is C19H20ClNOS. The Labute approximate surface area is 146 Å². The van der Waals surface area contributed by atoms with Gasteiger partial charge in [-0.15, -0.1) is 11.8 Å². The molecular weight excluding hydrogens is 326 g/mol. The van der Waals surface area contributed by atoms with Gasteiger partial charge in [-0.1, -0.05) is 36.6 Å². The monoisotopic (exact) mass is 345 g/mol. The third kappa shape index (κ3) is 4.76. The van der Waals surface area contributed by atoms with Crippen molar-refractivity contribution in [1.29, 1.82) is 0 Å². The summed E-state index contributed by atoms with van der Waals surface area (Å²) in [7, 11) is 0. The maximum absolute atomic E-state index is 12.2. The van der Waals surface area contributed by atoms with Gasteiger partial charge in [-0.05, 0) is 54.8 Å². The molecule has 0 aliphatic heterocycles. The topological polar surface area (TPSA) is 29.1 Å². The number of nitrogens with one attached hydrogen (secondary N) is 1. The summed E-state index contributed by atoms with van der Waals surface area (Å²) in [5, 5.41) is 3.88. The van der Waals surface area contributed by atoms with Crippen LogP contribution in [0.2, 0.25) is 5.02 Å². The molecule has 1 N–H and O–H groups in total. The average molecular weight is 346 g/mol. The molecule has 120 valence electrons. The van der Waals surface area contributed by atoms with Gasteiger partial charge in [0.05, 0.1) is 0 Å². The first kappa shape index (κ1) is 16.4. The predicted octanol–water partition coefficient (Wildman–Crippen LogP) is 5.30. The summed E-state index contributed by atoms with van der Waals surface area (Å²) in [5.74, 6) is 0.931. The van der Waals surface area contributed by atoms with Gasteiger partial charge in [0.1, 0.15) is 0 Å². The Kier molecular flexibility index (Phi) is 5.63. The number of hydrogen-bond donors (Lipinski definition) is 1. The molecule has 1 aliphatic rings. The molecule has 0 radical (unpaired) electrons. The first-order chi connectivity index (χ1) is 11.2. The Morgan fingerprint density at radius 3 is 2.35 bits per heavy atom. The van der Waals surface area contributed by atoms with Gasteiger partial charge in [-0.25, -0.2) is 0 Å². The minimum atomic E-state index is 0.0498. The Morgan fingerprint density at radius 1 is 1.04 bits per heavy atom. The van der Waals surface area contributed by atoms with Gasteiger partial charge in [0.25, 0.3) is 5.91 Å². The van der Waals surface area contributed by atoms with Crippen LogP contribution in [0.5, 0.6) is 0 Å². The summed E-state index contributed by atoms with van der Waals surface area (Å²) >= 11 is 7.65. The fourth-order valence-corrected chi connectivity index (χ4v) is 3.77. The minimum Gasteiger partial charge on any atom is -0.349 e. The highest BCUT2D eigenvalue weighted by atomic mass is 35.5. The smallest absolute Gasteiger partial charge is 0.251 e. The van der Waals surface area contributed by atoms with E-state index >= 15 is 0 Å². The fraction of sp³-hybridized carbons (Fsp3) is 0.316. The molecule has 3 rings (SSSR count). The van der Waals surface area contributed by atoms with Crippen LogP contribution in [0.4, 0.5) is 0 Å². The SMILES string of the molecule is O=C(NC1CCCC1)c1ccc(CSc2ccc(Cl)cc2)cc1. The van der Waals surface area contributed by atoms with Crippen molar-refractivity contribution < 1.29 is 4.79 Å². The zero-order valence-corrected chi connectivity index (χ0v) is 14.5. The van der Waals surface area contributed by atoms with E-state index in [-0.39, 0.29) is 5.91 Å². The Morgan fingerprint density at radius 2 is 1.70 bits per heavy atom. The van der Waals surface area contributed by atoms with Crippen LogP contribution in [0.3, 0.4) is 0 Å². The number of halogens is 1. The number of benzene rings is 2. The molecule has 0 spiro atoms. The third-order valence-electron chi connectivity index (χ3n) is 4.13. The van der Waals surface area contributed by atoms with E-state index in [1.807, 2.05) is 48.5 Å². The Bertz CT molecular complexity index is 648. The molecule has 4 heteroatoms. The minimum absolute atomic E-state index is 0.0498. The normalized spacial score (nSPS) is 14.8. The van der Waals surface area contributed by atoms with Gasteiger partial charge < -0.3 is 5.32 Å². The van der Waals surface area contributed by atoms with Crippen molar-refractivity contribution in [3.8, 4) is 0 Å². The lowest BCUT2D eigenvalue weighted by Crippen LogP contribution is -2.32.